The quantitative estimate of drug-likeness (QED) is 0.695. The van der Waals surface area contributed by atoms with Gasteiger partial charge in [-0.3, -0.25) is 9.69 Å². The van der Waals surface area contributed by atoms with Gasteiger partial charge in [0.15, 0.2) is 0 Å². The van der Waals surface area contributed by atoms with Crippen molar-refractivity contribution in [2.24, 2.45) is 0 Å². The number of carbonyl (C=O) groups is 1. The van der Waals surface area contributed by atoms with Crippen LogP contribution < -0.4 is 0 Å². The fraction of sp³-hybridized carbons (Fsp3) is 0.533. The first-order valence-corrected chi connectivity index (χ1v) is 6.25. The van der Waals surface area contributed by atoms with Crippen LogP contribution in [0.15, 0.2) is 36.5 Å². The van der Waals surface area contributed by atoms with Gasteiger partial charge in [0.25, 0.3) is 0 Å². The molecule has 0 N–H and O–H groups in total. The van der Waals surface area contributed by atoms with Crippen LogP contribution in [0.5, 0.6) is 0 Å². The summed E-state index contributed by atoms with van der Waals surface area (Å²) < 4.78 is 0. The largest absolute Gasteiger partial charge is 0.300 e. The van der Waals surface area contributed by atoms with Crippen molar-refractivity contribution >= 4 is 5.78 Å². The Morgan fingerprint density at radius 2 is 1.94 bits per heavy atom. The van der Waals surface area contributed by atoms with Crippen LogP contribution in [0.1, 0.15) is 33.6 Å². The van der Waals surface area contributed by atoms with E-state index in [1.807, 2.05) is 6.08 Å². The van der Waals surface area contributed by atoms with Gasteiger partial charge in [-0.15, -0.1) is 0 Å². The molecule has 0 amide bonds. The molecule has 0 aliphatic carbocycles. The maximum atomic E-state index is 11.3. The van der Waals surface area contributed by atoms with Crippen molar-refractivity contribution in [1.29, 1.82) is 0 Å². The van der Waals surface area contributed by atoms with Crippen molar-refractivity contribution in [2.75, 3.05) is 13.1 Å². The van der Waals surface area contributed by atoms with E-state index in [1.54, 1.807) is 6.08 Å². The second-order valence-corrected chi connectivity index (χ2v) is 4.92. The van der Waals surface area contributed by atoms with E-state index in [0.29, 0.717) is 18.6 Å². The Kier molecular flexibility index (Phi) is 4.88. The molecule has 94 valence electrons. The van der Waals surface area contributed by atoms with Gasteiger partial charge in [0.2, 0.25) is 0 Å². The molecule has 1 heterocycles. The van der Waals surface area contributed by atoms with Gasteiger partial charge < -0.3 is 0 Å². The minimum absolute atomic E-state index is 0.0189. The normalized spacial score (nSPS) is 19.9. The van der Waals surface area contributed by atoms with E-state index in [-0.39, 0.29) is 5.54 Å². The minimum Gasteiger partial charge on any atom is -0.300 e. The van der Waals surface area contributed by atoms with Gasteiger partial charge in [0, 0.05) is 31.5 Å². The second kappa shape index (κ2) is 5.97. The van der Waals surface area contributed by atoms with Crippen molar-refractivity contribution < 1.29 is 4.79 Å². The van der Waals surface area contributed by atoms with E-state index in [4.69, 9.17) is 0 Å². The van der Waals surface area contributed by atoms with Gasteiger partial charge in [-0.1, -0.05) is 30.9 Å². The molecule has 1 rings (SSSR count). The lowest BCUT2D eigenvalue weighted by molar-refractivity contribution is -0.122. The molecule has 0 aromatic carbocycles. The Morgan fingerprint density at radius 3 is 2.41 bits per heavy atom. The molecule has 0 unspecified atom stereocenters. The number of ketones is 1. The molecule has 1 aliphatic heterocycles. The predicted octanol–water partition coefficient (Wildman–Crippen LogP) is 3.12. The molecule has 2 nitrogen and oxygen atoms in total. The SMILES string of the molecule is C=C/C=C\C(=C/C)C(C)(C)N1CCC(=O)CC1. The van der Waals surface area contributed by atoms with Crippen LogP contribution in [0, 0.1) is 0 Å². The average molecular weight is 233 g/mol. The number of Topliss-reactive ketones (excluding diaryl/α,β-unsaturated/α-hetero) is 1. The number of hydrogen-bond donors (Lipinski definition) is 0. The number of hydrogen-bond acceptors (Lipinski definition) is 2. The molecule has 0 spiro atoms. The topological polar surface area (TPSA) is 20.3 Å². The number of nitrogens with zero attached hydrogens (tertiary/aromatic N) is 1. The molecule has 1 saturated heterocycles. The van der Waals surface area contributed by atoms with Gasteiger partial charge in [0.1, 0.15) is 5.78 Å². The van der Waals surface area contributed by atoms with E-state index in [2.05, 4.69) is 44.4 Å². The predicted molar refractivity (Wildman–Crippen MR) is 73.0 cm³/mol. The second-order valence-electron chi connectivity index (χ2n) is 4.92. The number of allylic oxidation sites excluding steroid dienone is 3. The number of piperidine rings is 1. The Labute approximate surface area is 105 Å². The van der Waals surface area contributed by atoms with Gasteiger partial charge >= 0.3 is 0 Å². The molecule has 2 heteroatoms. The van der Waals surface area contributed by atoms with Gasteiger partial charge in [-0.05, 0) is 26.3 Å². The van der Waals surface area contributed by atoms with Crippen molar-refractivity contribution in [2.45, 2.75) is 39.2 Å². The lowest BCUT2D eigenvalue weighted by Crippen LogP contribution is -2.49. The molecule has 17 heavy (non-hydrogen) atoms. The first-order valence-electron chi connectivity index (χ1n) is 6.25. The highest BCUT2D eigenvalue weighted by Crippen LogP contribution is 2.27. The summed E-state index contributed by atoms with van der Waals surface area (Å²) in [4.78, 5) is 13.7. The zero-order chi connectivity index (χ0) is 12.9. The minimum atomic E-state index is -0.0189. The molecular formula is C15H23NO. The third-order valence-corrected chi connectivity index (χ3v) is 3.54. The molecule has 0 bridgehead atoms. The first kappa shape index (κ1) is 13.9. The maximum absolute atomic E-state index is 11.3. The van der Waals surface area contributed by atoms with Crippen LogP contribution in [0.4, 0.5) is 0 Å². The summed E-state index contributed by atoms with van der Waals surface area (Å²) in [6.07, 6.45) is 9.36. The third kappa shape index (κ3) is 3.40. The lowest BCUT2D eigenvalue weighted by Gasteiger charge is -2.41. The van der Waals surface area contributed by atoms with Crippen LogP contribution in [0.2, 0.25) is 0 Å². The Bertz CT molecular complexity index is 340. The summed E-state index contributed by atoms with van der Waals surface area (Å²) in [5.74, 6) is 0.390. The summed E-state index contributed by atoms with van der Waals surface area (Å²) in [7, 11) is 0. The lowest BCUT2D eigenvalue weighted by atomic mass is 9.89. The van der Waals surface area contributed by atoms with E-state index >= 15 is 0 Å². The molecular weight excluding hydrogens is 210 g/mol. The summed E-state index contributed by atoms with van der Waals surface area (Å²) in [6.45, 7) is 11.9. The zero-order valence-corrected chi connectivity index (χ0v) is 11.2. The smallest absolute Gasteiger partial charge is 0.135 e. The molecule has 0 atom stereocenters. The summed E-state index contributed by atoms with van der Waals surface area (Å²) in [5.41, 5.74) is 1.25. The summed E-state index contributed by atoms with van der Waals surface area (Å²) in [5, 5.41) is 0. The van der Waals surface area contributed by atoms with E-state index in [9.17, 15) is 4.79 Å². The molecule has 0 aromatic rings. The molecule has 1 aliphatic rings. The highest BCUT2D eigenvalue weighted by Gasteiger charge is 2.31. The first-order chi connectivity index (χ1) is 8.02. The highest BCUT2D eigenvalue weighted by atomic mass is 16.1. The Morgan fingerprint density at radius 1 is 1.35 bits per heavy atom. The van der Waals surface area contributed by atoms with Crippen LogP contribution >= 0.6 is 0 Å². The van der Waals surface area contributed by atoms with Crippen LogP contribution in [-0.2, 0) is 4.79 Å². The van der Waals surface area contributed by atoms with Gasteiger partial charge in [0.05, 0.1) is 0 Å². The van der Waals surface area contributed by atoms with Crippen LogP contribution in [0.25, 0.3) is 0 Å². The number of carbonyl (C=O) groups excluding carboxylic acids is 1. The molecule has 0 aromatic heterocycles. The van der Waals surface area contributed by atoms with Crippen molar-refractivity contribution in [3.8, 4) is 0 Å². The van der Waals surface area contributed by atoms with E-state index < -0.39 is 0 Å². The Hall–Kier alpha value is -1.15. The standard InChI is InChI=1S/C15H23NO/c1-5-7-8-13(6-2)15(3,4)16-11-9-14(17)10-12-16/h5-8H,1,9-12H2,2-4H3/b8-7-,13-6+. The average Bonchev–Trinajstić information content (AvgIpc) is 2.30. The van der Waals surface area contributed by atoms with Gasteiger partial charge in [-0.2, -0.15) is 0 Å². The number of likely N-dealkylation sites (tertiary alicyclic amines) is 1. The van der Waals surface area contributed by atoms with E-state index in [0.717, 1.165) is 13.1 Å². The van der Waals surface area contributed by atoms with Crippen LogP contribution in [-0.4, -0.2) is 29.3 Å². The Balaban J connectivity index is 2.81. The van der Waals surface area contributed by atoms with E-state index in [1.165, 1.54) is 5.57 Å². The summed E-state index contributed by atoms with van der Waals surface area (Å²) >= 11 is 0. The van der Waals surface area contributed by atoms with Crippen molar-refractivity contribution in [3.05, 3.63) is 36.5 Å². The fourth-order valence-corrected chi connectivity index (χ4v) is 2.32. The van der Waals surface area contributed by atoms with Crippen molar-refractivity contribution in [3.63, 3.8) is 0 Å². The number of rotatable bonds is 4. The zero-order valence-electron chi connectivity index (χ0n) is 11.2. The monoisotopic (exact) mass is 233 g/mol. The van der Waals surface area contributed by atoms with Gasteiger partial charge in [-0.25, -0.2) is 0 Å². The molecule has 0 saturated carbocycles. The third-order valence-electron chi connectivity index (χ3n) is 3.54. The van der Waals surface area contributed by atoms with Crippen LogP contribution in [0.3, 0.4) is 0 Å². The molecule has 0 radical (unpaired) electrons. The maximum Gasteiger partial charge on any atom is 0.135 e. The molecule has 1 fully saturated rings. The highest BCUT2D eigenvalue weighted by molar-refractivity contribution is 5.79. The summed E-state index contributed by atoms with van der Waals surface area (Å²) in [6, 6.07) is 0. The fourth-order valence-electron chi connectivity index (χ4n) is 2.32. The van der Waals surface area contributed by atoms with Crippen molar-refractivity contribution in [1.82, 2.24) is 4.90 Å².